The molecule has 1 heterocycles. The molecule has 1 aromatic heterocycles. The lowest BCUT2D eigenvalue weighted by atomic mass is 10.1. The van der Waals surface area contributed by atoms with Gasteiger partial charge in [0.2, 0.25) is 0 Å². The second-order valence-corrected chi connectivity index (χ2v) is 2.72. The molecule has 0 aliphatic heterocycles. The maximum atomic E-state index is 6.68. The van der Waals surface area contributed by atoms with E-state index in [2.05, 4.69) is 23.7 Å². The zero-order valence-corrected chi connectivity index (χ0v) is 6.70. The summed E-state index contributed by atoms with van der Waals surface area (Å²) in [5.41, 5.74) is 1.18. The van der Waals surface area contributed by atoms with Gasteiger partial charge in [0.1, 0.15) is 6.20 Å². The monoisotopic (exact) mass is 146 g/mol. The molecule has 2 nitrogen and oxygen atoms in total. The molecule has 0 aromatic carbocycles. The van der Waals surface area contributed by atoms with E-state index in [0.717, 1.165) is 0 Å². The molecule has 0 N–H and O–H groups in total. The molecular weight excluding hydrogens is 136 g/mol. The summed E-state index contributed by atoms with van der Waals surface area (Å²) in [6.45, 7) is 10.9. The molecule has 0 spiro atoms. The minimum Gasteiger partial charge on any atom is -0.361 e. The molecule has 0 radical (unpaired) electrons. The largest absolute Gasteiger partial charge is 0.361 e. The lowest BCUT2D eigenvalue weighted by molar-refractivity contribution is 0.859. The molecule has 2 heteroatoms. The van der Waals surface area contributed by atoms with E-state index in [9.17, 15) is 0 Å². The highest BCUT2D eigenvalue weighted by atomic mass is 14.8. The topological polar surface area (TPSA) is 17.2 Å². The Labute approximate surface area is 66.7 Å². The Morgan fingerprint density at radius 2 is 2.18 bits per heavy atom. The van der Waals surface area contributed by atoms with Crippen molar-refractivity contribution < 1.29 is 0 Å². The van der Waals surface area contributed by atoms with Crippen LogP contribution in [0.3, 0.4) is 0 Å². The van der Waals surface area contributed by atoms with Gasteiger partial charge in [-0.05, 0) is 17.5 Å². The molecule has 0 fully saturated rings. The van der Waals surface area contributed by atoms with Gasteiger partial charge in [-0.25, -0.2) is 0 Å². The van der Waals surface area contributed by atoms with Gasteiger partial charge in [0.05, 0.1) is 0 Å². The number of pyridine rings is 1. The van der Waals surface area contributed by atoms with Crippen molar-refractivity contribution in [2.24, 2.45) is 0 Å². The van der Waals surface area contributed by atoms with Crippen LogP contribution in [0.1, 0.15) is 25.3 Å². The van der Waals surface area contributed by atoms with Gasteiger partial charge in [-0.15, -0.1) is 4.98 Å². The molecule has 0 saturated carbocycles. The van der Waals surface area contributed by atoms with Crippen molar-refractivity contribution in [1.29, 1.82) is 0 Å². The number of aromatic nitrogens is 1. The number of hydrogen-bond acceptors (Lipinski definition) is 1. The molecule has 11 heavy (non-hydrogen) atoms. The second-order valence-electron chi connectivity index (χ2n) is 2.72. The quantitative estimate of drug-likeness (QED) is 0.557. The second kappa shape index (κ2) is 3.16. The predicted octanol–water partition coefficient (Wildman–Crippen LogP) is 2.76. The van der Waals surface area contributed by atoms with Gasteiger partial charge < -0.3 is 4.85 Å². The molecule has 0 saturated heterocycles. The van der Waals surface area contributed by atoms with Gasteiger partial charge in [-0.3, -0.25) is 0 Å². The molecule has 0 aliphatic rings. The summed E-state index contributed by atoms with van der Waals surface area (Å²) < 4.78 is 0. The van der Waals surface area contributed by atoms with Gasteiger partial charge in [-0.1, -0.05) is 26.5 Å². The fraction of sp³-hybridized carbons (Fsp3) is 0.333. The molecule has 1 rings (SSSR count). The zero-order valence-electron chi connectivity index (χ0n) is 6.70. The third kappa shape index (κ3) is 1.78. The highest BCUT2D eigenvalue weighted by Crippen LogP contribution is 2.15. The maximum absolute atomic E-state index is 6.68. The summed E-state index contributed by atoms with van der Waals surface area (Å²) >= 11 is 0. The van der Waals surface area contributed by atoms with Crippen molar-refractivity contribution in [2.75, 3.05) is 0 Å². The van der Waals surface area contributed by atoms with E-state index >= 15 is 0 Å². The van der Waals surface area contributed by atoms with E-state index in [1.54, 1.807) is 12.3 Å². The summed E-state index contributed by atoms with van der Waals surface area (Å²) in [4.78, 5) is 7.17. The van der Waals surface area contributed by atoms with Gasteiger partial charge >= 0.3 is 0 Å². The molecule has 0 amide bonds. The first-order valence-corrected chi connectivity index (χ1v) is 3.57. The van der Waals surface area contributed by atoms with Crippen molar-refractivity contribution in [2.45, 2.75) is 19.8 Å². The molecule has 0 unspecified atom stereocenters. The minimum atomic E-state index is 0.467. The van der Waals surface area contributed by atoms with Crippen LogP contribution in [0, 0.1) is 6.57 Å². The van der Waals surface area contributed by atoms with Crippen molar-refractivity contribution >= 4 is 5.82 Å². The van der Waals surface area contributed by atoms with Crippen LogP contribution >= 0.6 is 0 Å². The van der Waals surface area contributed by atoms with Crippen LogP contribution in [-0.4, -0.2) is 4.98 Å². The van der Waals surface area contributed by atoms with Crippen molar-refractivity contribution in [3.8, 4) is 0 Å². The Kier molecular flexibility index (Phi) is 2.22. The molecule has 0 atom stereocenters. The fourth-order valence-electron chi connectivity index (χ4n) is 0.805. The molecule has 1 aromatic rings. The van der Waals surface area contributed by atoms with Crippen LogP contribution in [0.25, 0.3) is 4.85 Å². The number of rotatable bonds is 1. The van der Waals surface area contributed by atoms with Crippen LogP contribution in [-0.2, 0) is 0 Å². The maximum Gasteiger partial charge on any atom is 0.269 e. The Balaban J connectivity index is 2.94. The summed E-state index contributed by atoms with van der Waals surface area (Å²) in [6, 6.07) is 3.70. The van der Waals surface area contributed by atoms with Gasteiger partial charge in [0.25, 0.3) is 5.82 Å². The van der Waals surface area contributed by atoms with E-state index in [0.29, 0.717) is 11.7 Å². The van der Waals surface area contributed by atoms with E-state index < -0.39 is 0 Å². The lowest BCUT2D eigenvalue weighted by Crippen LogP contribution is -1.86. The lowest BCUT2D eigenvalue weighted by Gasteiger charge is -2.00. The molecule has 0 bridgehead atoms. The van der Waals surface area contributed by atoms with Crippen LogP contribution in [0.2, 0.25) is 0 Å². The average Bonchev–Trinajstić information content (AvgIpc) is 2.05. The third-order valence-corrected chi connectivity index (χ3v) is 1.55. The van der Waals surface area contributed by atoms with Gasteiger partial charge in [-0.2, -0.15) is 0 Å². The van der Waals surface area contributed by atoms with E-state index in [1.807, 2.05) is 6.07 Å². The minimum absolute atomic E-state index is 0.467. The zero-order chi connectivity index (χ0) is 8.27. The molecular formula is C9H10N2. The van der Waals surface area contributed by atoms with E-state index in [1.165, 1.54) is 5.56 Å². The summed E-state index contributed by atoms with van der Waals surface area (Å²) in [6.07, 6.45) is 1.76. The van der Waals surface area contributed by atoms with Crippen LogP contribution < -0.4 is 0 Å². The van der Waals surface area contributed by atoms with E-state index in [-0.39, 0.29) is 0 Å². The Morgan fingerprint density at radius 1 is 1.45 bits per heavy atom. The number of hydrogen-bond donors (Lipinski definition) is 0. The van der Waals surface area contributed by atoms with Crippen LogP contribution in [0.5, 0.6) is 0 Å². The van der Waals surface area contributed by atoms with Crippen LogP contribution in [0.4, 0.5) is 5.82 Å². The highest BCUT2D eigenvalue weighted by Gasteiger charge is 2.00. The standard InChI is InChI=1S/C9H10N2/c1-7(2)8-4-5-9(10-3)11-6-8/h4-7H,1-2H3. The summed E-state index contributed by atoms with van der Waals surface area (Å²) in [7, 11) is 0. The normalized spacial score (nSPS) is 9.64. The first kappa shape index (κ1) is 7.74. The predicted molar refractivity (Wildman–Crippen MR) is 44.6 cm³/mol. The Bertz CT molecular complexity index is 267. The van der Waals surface area contributed by atoms with Crippen molar-refractivity contribution in [3.05, 3.63) is 35.3 Å². The molecule has 56 valence electrons. The number of nitrogens with zero attached hydrogens (tertiary/aromatic N) is 2. The summed E-state index contributed by atoms with van der Waals surface area (Å²) in [5, 5.41) is 0. The van der Waals surface area contributed by atoms with Gasteiger partial charge in [0, 0.05) is 0 Å². The Hall–Kier alpha value is -1.36. The summed E-state index contributed by atoms with van der Waals surface area (Å²) in [5.74, 6) is 0.955. The van der Waals surface area contributed by atoms with Crippen molar-refractivity contribution in [1.82, 2.24) is 4.98 Å². The van der Waals surface area contributed by atoms with Gasteiger partial charge in [0.15, 0.2) is 0 Å². The SMILES string of the molecule is [C-]#[N+]c1ccc(C(C)C)cn1. The molecule has 0 aliphatic carbocycles. The first-order valence-electron chi connectivity index (χ1n) is 3.57. The van der Waals surface area contributed by atoms with Crippen LogP contribution in [0.15, 0.2) is 18.3 Å². The first-order chi connectivity index (χ1) is 5.24. The fourth-order valence-corrected chi connectivity index (χ4v) is 0.805. The van der Waals surface area contributed by atoms with E-state index in [4.69, 9.17) is 6.57 Å². The average molecular weight is 146 g/mol. The third-order valence-electron chi connectivity index (χ3n) is 1.55. The Morgan fingerprint density at radius 3 is 2.55 bits per heavy atom. The highest BCUT2D eigenvalue weighted by molar-refractivity contribution is 5.36. The smallest absolute Gasteiger partial charge is 0.269 e. The van der Waals surface area contributed by atoms with Crippen molar-refractivity contribution in [3.63, 3.8) is 0 Å².